The lowest BCUT2D eigenvalue weighted by molar-refractivity contribution is -0.140. The topological polar surface area (TPSA) is 62.3 Å². The van der Waals surface area contributed by atoms with Crippen molar-refractivity contribution < 1.29 is 9.59 Å². The first-order chi connectivity index (χ1) is 11.5. The molecule has 1 aromatic heterocycles. The first-order valence-corrected chi connectivity index (χ1v) is 8.95. The lowest BCUT2D eigenvalue weighted by Crippen LogP contribution is -2.52. The van der Waals surface area contributed by atoms with Crippen LogP contribution in [-0.2, 0) is 29.0 Å². The van der Waals surface area contributed by atoms with Gasteiger partial charge >= 0.3 is 0 Å². The van der Waals surface area contributed by atoms with Crippen LogP contribution in [0.5, 0.6) is 0 Å². The molecule has 6 heteroatoms. The van der Waals surface area contributed by atoms with E-state index in [-0.39, 0.29) is 11.8 Å². The number of rotatable bonds is 4. The van der Waals surface area contributed by atoms with Crippen molar-refractivity contribution in [3.63, 3.8) is 0 Å². The summed E-state index contributed by atoms with van der Waals surface area (Å²) in [5, 5.41) is 6.00. The molecule has 2 aromatic rings. The highest BCUT2D eigenvalue weighted by atomic mass is 32.1. The van der Waals surface area contributed by atoms with E-state index in [0.717, 1.165) is 21.8 Å². The van der Waals surface area contributed by atoms with E-state index >= 15 is 0 Å². The molecule has 0 fully saturated rings. The van der Waals surface area contributed by atoms with E-state index in [4.69, 9.17) is 0 Å². The summed E-state index contributed by atoms with van der Waals surface area (Å²) in [6, 6.07) is 7.55. The summed E-state index contributed by atoms with van der Waals surface area (Å²) in [5.74, 6) is -0.161. The van der Waals surface area contributed by atoms with Crippen molar-refractivity contribution in [2.24, 2.45) is 0 Å². The van der Waals surface area contributed by atoms with E-state index in [1.54, 1.807) is 16.2 Å². The molecule has 0 spiro atoms. The molecule has 1 aliphatic heterocycles. The second-order valence-electron chi connectivity index (χ2n) is 6.03. The highest BCUT2D eigenvalue weighted by molar-refractivity contribution is 7.09. The van der Waals surface area contributed by atoms with Crippen LogP contribution in [0.4, 0.5) is 0 Å². The largest absolute Gasteiger partial charge is 0.354 e. The van der Waals surface area contributed by atoms with E-state index in [0.29, 0.717) is 25.9 Å². The number of nitrogens with zero attached hydrogens (tertiary/aromatic N) is 2. The highest BCUT2D eigenvalue weighted by Crippen LogP contribution is 2.23. The molecular weight excluding hydrogens is 322 g/mol. The average Bonchev–Trinajstić information content (AvgIpc) is 2.98. The molecule has 5 nitrogen and oxygen atoms in total. The number of aromatic nitrogens is 1. The van der Waals surface area contributed by atoms with Gasteiger partial charge in [0.2, 0.25) is 11.8 Å². The fraction of sp³-hybridized carbons (Fsp3) is 0.389. The summed E-state index contributed by atoms with van der Waals surface area (Å²) in [7, 11) is 0. The predicted octanol–water partition coefficient (Wildman–Crippen LogP) is 2.08. The van der Waals surface area contributed by atoms with Gasteiger partial charge in [-0.3, -0.25) is 9.59 Å². The lowest BCUT2D eigenvalue weighted by atomic mass is 9.93. The molecule has 2 amide bonds. The Bertz CT molecular complexity index is 756. The van der Waals surface area contributed by atoms with Crippen molar-refractivity contribution in [2.75, 3.05) is 6.54 Å². The molecule has 1 aromatic carbocycles. The summed E-state index contributed by atoms with van der Waals surface area (Å²) in [4.78, 5) is 30.6. The van der Waals surface area contributed by atoms with Crippen molar-refractivity contribution in [1.82, 2.24) is 15.2 Å². The third-order valence-electron chi connectivity index (χ3n) is 4.30. The second kappa shape index (κ2) is 7.13. The fourth-order valence-electron chi connectivity index (χ4n) is 3.04. The number of carbonyl (C=O) groups excluding carboxylic acids is 2. The van der Waals surface area contributed by atoms with E-state index in [1.807, 2.05) is 36.6 Å². The van der Waals surface area contributed by atoms with Crippen molar-refractivity contribution in [3.05, 3.63) is 51.5 Å². The van der Waals surface area contributed by atoms with Crippen LogP contribution < -0.4 is 5.32 Å². The Hall–Kier alpha value is -2.21. The molecule has 0 bridgehead atoms. The van der Waals surface area contributed by atoms with Crippen LogP contribution in [-0.4, -0.2) is 34.3 Å². The van der Waals surface area contributed by atoms with Gasteiger partial charge in [0.05, 0.1) is 10.7 Å². The second-order valence-corrected chi connectivity index (χ2v) is 7.10. The third kappa shape index (κ3) is 3.64. The number of fused-ring (bicyclic) bond motifs is 1. The third-order valence-corrected chi connectivity index (χ3v) is 5.12. The molecule has 0 saturated heterocycles. The number of hydrogen-bond donors (Lipinski definition) is 1. The maximum atomic E-state index is 12.6. The minimum atomic E-state index is -0.436. The van der Waals surface area contributed by atoms with Crippen LogP contribution in [0.1, 0.15) is 28.8 Å². The van der Waals surface area contributed by atoms with Gasteiger partial charge in [0.25, 0.3) is 0 Å². The summed E-state index contributed by atoms with van der Waals surface area (Å²) >= 11 is 1.61. The van der Waals surface area contributed by atoms with E-state index in [9.17, 15) is 9.59 Å². The van der Waals surface area contributed by atoms with Crippen molar-refractivity contribution in [1.29, 1.82) is 0 Å². The minimum Gasteiger partial charge on any atom is -0.354 e. The fourth-order valence-corrected chi connectivity index (χ4v) is 3.69. The quantitative estimate of drug-likeness (QED) is 0.924. The average molecular weight is 343 g/mol. The van der Waals surface area contributed by atoms with Crippen molar-refractivity contribution in [3.8, 4) is 0 Å². The maximum absolute atomic E-state index is 12.6. The summed E-state index contributed by atoms with van der Waals surface area (Å²) in [5.41, 5.74) is 3.26. The first-order valence-electron chi connectivity index (χ1n) is 8.07. The number of amides is 2. The zero-order valence-electron chi connectivity index (χ0n) is 13.9. The molecule has 2 heterocycles. The Balaban J connectivity index is 1.64. The van der Waals surface area contributed by atoms with Crippen LogP contribution in [0.2, 0.25) is 0 Å². The Morgan fingerprint density at radius 1 is 1.33 bits per heavy atom. The highest BCUT2D eigenvalue weighted by Gasteiger charge is 2.32. The molecule has 0 aliphatic carbocycles. The predicted molar refractivity (Wildman–Crippen MR) is 93.7 cm³/mol. The Labute approximate surface area is 145 Å². The minimum absolute atomic E-state index is 0.0696. The van der Waals surface area contributed by atoms with E-state index in [2.05, 4.69) is 10.3 Å². The van der Waals surface area contributed by atoms with Gasteiger partial charge in [0.15, 0.2) is 0 Å². The zero-order chi connectivity index (χ0) is 17.1. The molecule has 1 atom stereocenters. The van der Waals surface area contributed by atoms with Gasteiger partial charge in [-0.25, -0.2) is 4.98 Å². The van der Waals surface area contributed by atoms with Crippen LogP contribution in [0.15, 0.2) is 29.6 Å². The number of nitrogens with one attached hydrogen (secondary N) is 1. The monoisotopic (exact) mass is 343 g/mol. The number of carbonyl (C=O) groups is 2. The van der Waals surface area contributed by atoms with Gasteiger partial charge in [0, 0.05) is 38.2 Å². The Morgan fingerprint density at radius 2 is 2.08 bits per heavy atom. The molecule has 0 radical (unpaired) electrons. The van der Waals surface area contributed by atoms with Crippen molar-refractivity contribution >= 4 is 23.2 Å². The van der Waals surface area contributed by atoms with E-state index in [1.165, 1.54) is 6.92 Å². The standard InChI is InChI=1S/C18H21N3O2S/c1-12-20-16(11-24-12)7-8-19-18(23)17-9-14-5-3-4-6-15(14)10-21(17)13(2)22/h3-6,11,17H,7-10H2,1-2H3,(H,19,23)/t17-/m1/s1. The Kier molecular flexibility index (Phi) is 4.94. The van der Waals surface area contributed by atoms with Gasteiger partial charge < -0.3 is 10.2 Å². The van der Waals surface area contributed by atoms with Crippen molar-refractivity contribution in [2.45, 2.75) is 39.3 Å². The number of thiazole rings is 1. The Morgan fingerprint density at radius 3 is 2.75 bits per heavy atom. The number of hydrogen-bond acceptors (Lipinski definition) is 4. The normalized spacial score (nSPS) is 16.6. The molecule has 3 rings (SSSR count). The smallest absolute Gasteiger partial charge is 0.243 e. The molecule has 1 aliphatic rings. The van der Waals surface area contributed by atoms with Gasteiger partial charge in [0.1, 0.15) is 6.04 Å². The summed E-state index contributed by atoms with van der Waals surface area (Å²) in [6.07, 6.45) is 1.27. The molecule has 0 unspecified atom stereocenters. The van der Waals surface area contributed by atoms with Gasteiger partial charge in [-0.15, -0.1) is 11.3 Å². The molecular formula is C18H21N3O2S. The molecule has 24 heavy (non-hydrogen) atoms. The maximum Gasteiger partial charge on any atom is 0.243 e. The SMILES string of the molecule is CC(=O)N1Cc2ccccc2C[C@@H]1C(=O)NCCc1csc(C)n1. The van der Waals surface area contributed by atoms with E-state index < -0.39 is 6.04 Å². The van der Waals surface area contributed by atoms with Crippen LogP contribution in [0.3, 0.4) is 0 Å². The zero-order valence-corrected chi connectivity index (χ0v) is 14.7. The number of benzene rings is 1. The lowest BCUT2D eigenvalue weighted by Gasteiger charge is -2.35. The van der Waals surface area contributed by atoms with Crippen LogP contribution in [0.25, 0.3) is 0 Å². The van der Waals surface area contributed by atoms with Gasteiger partial charge in [-0.2, -0.15) is 0 Å². The summed E-state index contributed by atoms with van der Waals surface area (Å²) < 4.78 is 0. The first kappa shape index (κ1) is 16.6. The van der Waals surface area contributed by atoms with Crippen LogP contribution in [0, 0.1) is 6.92 Å². The van der Waals surface area contributed by atoms with Gasteiger partial charge in [-0.05, 0) is 18.1 Å². The molecule has 1 N–H and O–H groups in total. The van der Waals surface area contributed by atoms with Gasteiger partial charge in [-0.1, -0.05) is 24.3 Å². The molecule has 126 valence electrons. The summed E-state index contributed by atoms with van der Waals surface area (Å²) in [6.45, 7) is 4.52. The molecule has 0 saturated carbocycles. The van der Waals surface area contributed by atoms with Crippen LogP contribution >= 0.6 is 11.3 Å². The number of aryl methyl sites for hydroxylation is 1.